The molecular weight excluding hydrogens is 210 g/mol. The lowest BCUT2D eigenvalue weighted by Crippen LogP contribution is -2.24. The van der Waals surface area contributed by atoms with Crippen LogP contribution in [0.25, 0.3) is 0 Å². The molecule has 1 atom stereocenters. The maximum atomic E-state index is 4.12. The SMILES string of the molecule is Cc1cnccc1NCC1CCN(C2CC2)C1. The Kier molecular flexibility index (Phi) is 3.02. The van der Waals surface area contributed by atoms with Gasteiger partial charge in [0.15, 0.2) is 0 Å². The predicted molar refractivity (Wildman–Crippen MR) is 70.2 cm³/mol. The topological polar surface area (TPSA) is 28.2 Å². The van der Waals surface area contributed by atoms with E-state index in [2.05, 4.69) is 28.2 Å². The molecule has 1 aromatic rings. The molecule has 1 saturated carbocycles. The highest BCUT2D eigenvalue weighted by Crippen LogP contribution is 2.31. The minimum atomic E-state index is 0.822. The summed E-state index contributed by atoms with van der Waals surface area (Å²) in [5.74, 6) is 0.822. The number of pyridine rings is 1. The van der Waals surface area contributed by atoms with Gasteiger partial charge in [-0.25, -0.2) is 0 Å². The lowest BCUT2D eigenvalue weighted by Gasteiger charge is -2.16. The van der Waals surface area contributed by atoms with Gasteiger partial charge in [-0.3, -0.25) is 4.98 Å². The molecule has 17 heavy (non-hydrogen) atoms. The molecule has 92 valence electrons. The van der Waals surface area contributed by atoms with Gasteiger partial charge in [0.05, 0.1) is 0 Å². The molecule has 1 aliphatic carbocycles. The summed E-state index contributed by atoms with van der Waals surface area (Å²) in [6, 6.07) is 3.01. The summed E-state index contributed by atoms with van der Waals surface area (Å²) in [4.78, 5) is 6.79. The first-order valence-corrected chi connectivity index (χ1v) is 6.71. The summed E-state index contributed by atoms with van der Waals surface area (Å²) < 4.78 is 0. The predicted octanol–water partition coefficient (Wildman–Crippen LogP) is 2.29. The molecule has 0 amide bonds. The molecule has 2 aliphatic rings. The molecule has 1 aromatic heterocycles. The van der Waals surface area contributed by atoms with Crippen LogP contribution in [0.15, 0.2) is 18.5 Å². The minimum absolute atomic E-state index is 0.822. The van der Waals surface area contributed by atoms with Crippen molar-refractivity contribution >= 4 is 5.69 Å². The molecule has 1 saturated heterocycles. The first kappa shape index (κ1) is 11.0. The molecule has 1 unspecified atom stereocenters. The summed E-state index contributed by atoms with van der Waals surface area (Å²) in [6.45, 7) is 5.82. The minimum Gasteiger partial charge on any atom is -0.384 e. The number of rotatable bonds is 4. The van der Waals surface area contributed by atoms with Crippen molar-refractivity contribution in [3.05, 3.63) is 24.0 Å². The van der Waals surface area contributed by atoms with E-state index in [-0.39, 0.29) is 0 Å². The molecule has 3 heteroatoms. The number of nitrogens with one attached hydrogen (secondary N) is 1. The van der Waals surface area contributed by atoms with Gasteiger partial charge < -0.3 is 10.2 Å². The Morgan fingerprint density at radius 2 is 2.29 bits per heavy atom. The van der Waals surface area contributed by atoms with Crippen LogP contribution in [0.2, 0.25) is 0 Å². The van der Waals surface area contributed by atoms with Gasteiger partial charge in [0.25, 0.3) is 0 Å². The molecule has 0 radical (unpaired) electrons. The Morgan fingerprint density at radius 1 is 1.41 bits per heavy atom. The van der Waals surface area contributed by atoms with Crippen LogP contribution in [0.5, 0.6) is 0 Å². The molecule has 0 aromatic carbocycles. The molecule has 2 heterocycles. The van der Waals surface area contributed by atoms with E-state index in [0.29, 0.717) is 0 Å². The third kappa shape index (κ3) is 2.60. The second kappa shape index (κ2) is 4.65. The van der Waals surface area contributed by atoms with Gasteiger partial charge in [0.1, 0.15) is 0 Å². The average molecular weight is 231 g/mol. The Morgan fingerprint density at radius 3 is 3.06 bits per heavy atom. The van der Waals surface area contributed by atoms with Gasteiger partial charge in [0.2, 0.25) is 0 Å². The molecule has 3 nitrogen and oxygen atoms in total. The maximum absolute atomic E-state index is 4.12. The highest BCUT2D eigenvalue weighted by atomic mass is 15.2. The Hall–Kier alpha value is -1.09. The normalized spacial score (nSPS) is 25.1. The molecule has 0 spiro atoms. The van der Waals surface area contributed by atoms with Crippen LogP contribution in [-0.4, -0.2) is 35.6 Å². The van der Waals surface area contributed by atoms with Crippen LogP contribution in [0.3, 0.4) is 0 Å². The van der Waals surface area contributed by atoms with Crippen molar-refractivity contribution in [2.24, 2.45) is 5.92 Å². The summed E-state index contributed by atoms with van der Waals surface area (Å²) in [6.07, 6.45) is 8.01. The molecule has 0 bridgehead atoms. The van der Waals surface area contributed by atoms with Crippen molar-refractivity contribution in [3.8, 4) is 0 Å². The van der Waals surface area contributed by atoms with E-state index in [9.17, 15) is 0 Å². The second-order valence-corrected chi connectivity index (χ2v) is 5.45. The summed E-state index contributed by atoms with van der Waals surface area (Å²) in [7, 11) is 0. The molecule has 3 rings (SSSR count). The van der Waals surface area contributed by atoms with Gasteiger partial charge in [0, 0.05) is 37.2 Å². The zero-order chi connectivity index (χ0) is 11.7. The fourth-order valence-electron chi connectivity index (χ4n) is 2.73. The van der Waals surface area contributed by atoms with E-state index in [0.717, 1.165) is 18.5 Å². The third-order valence-corrected chi connectivity index (χ3v) is 3.98. The number of aryl methyl sites for hydroxylation is 1. The first-order valence-electron chi connectivity index (χ1n) is 6.71. The van der Waals surface area contributed by atoms with Gasteiger partial charge in [-0.2, -0.15) is 0 Å². The van der Waals surface area contributed by atoms with Crippen molar-refractivity contribution < 1.29 is 0 Å². The summed E-state index contributed by atoms with van der Waals surface area (Å²) >= 11 is 0. The monoisotopic (exact) mass is 231 g/mol. The number of nitrogens with zero attached hydrogens (tertiary/aromatic N) is 2. The number of hydrogen-bond donors (Lipinski definition) is 1. The van der Waals surface area contributed by atoms with Crippen LogP contribution in [0.1, 0.15) is 24.8 Å². The zero-order valence-corrected chi connectivity index (χ0v) is 10.5. The fraction of sp³-hybridized carbons (Fsp3) is 0.643. The fourth-order valence-corrected chi connectivity index (χ4v) is 2.73. The number of likely N-dealkylation sites (tertiary alicyclic amines) is 1. The lowest BCUT2D eigenvalue weighted by atomic mass is 10.1. The van der Waals surface area contributed by atoms with Gasteiger partial charge >= 0.3 is 0 Å². The Balaban J connectivity index is 1.50. The van der Waals surface area contributed by atoms with Crippen molar-refractivity contribution in [2.45, 2.75) is 32.2 Å². The first-order chi connectivity index (χ1) is 8.33. The Labute approximate surface area is 103 Å². The zero-order valence-electron chi connectivity index (χ0n) is 10.5. The number of anilines is 1. The van der Waals surface area contributed by atoms with Crippen molar-refractivity contribution in [3.63, 3.8) is 0 Å². The second-order valence-electron chi connectivity index (χ2n) is 5.45. The van der Waals surface area contributed by atoms with Gasteiger partial charge in [-0.15, -0.1) is 0 Å². The van der Waals surface area contributed by atoms with Crippen LogP contribution in [-0.2, 0) is 0 Å². The van der Waals surface area contributed by atoms with E-state index in [1.807, 2.05) is 12.4 Å². The van der Waals surface area contributed by atoms with E-state index < -0.39 is 0 Å². The number of hydrogen-bond acceptors (Lipinski definition) is 3. The molecular formula is C14H21N3. The van der Waals surface area contributed by atoms with E-state index in [1.165, 1.54) is 43.6 Å². The van der Waals surface area contributed by atoms with E-state index in [4.69, 9.17) is 0 Å². The summed E-state index contributed by atoms with van der Waals surface area (Å²) in [5, 5.41) is 3.57. The van der Waals surface area contributed by atoms with Gasteiger partial charge in [-0.05, 0) is 50.3 Å². The standard InChI is InChI=1S/C14H21N3/c1-11-8-15-6-4-14(11)16-9-12-5-7-17(10-12)13-2-3-13/h4,6,8,12-13H,2-3,5,7,9-10H2,1H3,(H,15,16). The Bertz CT molecular complexity index is 387. The third-order valence-electron chi connectivity index (χ3n) is 3.98. The molecule has 2 fully saturated rings. The highest BCUT2D eigenvalue weighted by molar-refractivity contribution is 5.48. The highest BCUT2D eigenvalue weighted by Gasteiger charge is 2.34. The van der Waals surface area contributed by atoms with Crippen molar-refractivity contribution in [1.29, 1.82) is 0 Å². The largest absolute Gasteiger partial charge is 0.384 e. The molecule has 1 N–H and O–H groups in total. The number of aromatic nitrogens is 1. The average Bonchev–Trinajstić information content (AvgIpc) is 3.08. The van der Waals surface area contributed by atoms with Crippen molar-refractivity contribution in [1.82, 2.24) is 9.88 Å². The van der Waals surface area contributed by atoms with Crippen LogP contribution in [0.4, 0.5) is 5.69 Å². The quantitative estimate of drug-likeness (QED) is 0.861. The lowest BCUT2D eigenvalue weighted by molar-refractivity contribution is 0.316. The van der Waals surface area contributed by atoms with E-state index in [1.54, 1.807) is 0 Å². The van der Waals surface area contributed by atoms with Crippen LogP contribution < -0.4 is 5.32 Å². The van der Waals surface area contributed by atoms with Crippen LogP contribution in [0, 0.1) is 12.8 Å². The maximum Gasteiger partial charge on any atom is 0.0400 e. The van der Waals surface area contributed by atoms with Crippen molar-refractivity contribution in [2.75, 3.05) is 25.0 Å². The summed E-state index contributed by atoms with van der Waals surface area (Å²) in [5.41, 5.74) is 2.48. The van der Waals surface area contributed by atoms with E-state index >= 15 is 0 Å². The molecule has 1 aliphatic heterocycles. The smallest absolute Gasteiger partial charge is 0.0400 e. The van der Waals surface area contributed by atoms with Crippen LogP contribution >= 0.6 is 0 Å². The van der Waals surface area contributed by atoms with Gasteiger partial charge in [-0.1, -0.05) is 0 Å².